The van der Waals surface area contributed by atoms with Crippen LogP contribution in [0, 0.1) is 0 Å². The number of anilines is 1. The van der Waals surface area contributed by atoms with E-state index in [1.807, 2.05) is 48.5 Å². The Hall–Kier alpha value is -2.86. The van der Waals surface area contributed by atoms with Crippen molar-refractivity contribution >= 4 is 44.3 Å². The first-order valence-electron chi connectivity index (χ1n) is 8.33. The Balaban J connectivity index is 1.53. The van der Waals surface area contributed by atoms with Gasteiger partial charge in [-0.1, -0.05) is 48.5 Å². The number of nitrogens with zero attached hydrogens (tertiary/aromatic N) is 1. The summed E-state index contributed by atoms with van der Waals surface area (Å²) in [6, 6.07) is 20.7. The van der Waals surface area contributed by atoms with Crippen molar-refractivity contribution in [2.24, 2.45) is 0 Å². The summed E-state index contributed by atoms with van der Waals surface area (Å²) < 4.78 is 11.3. The first-order chi connectivity index (χ1) is 13.1. The molecule has 0 saturated heterocycles. The summed E-state index contributed by atoms with van der Waals surface area (Å²) in [5.74, 6) is -0.385. The van der Waals surface area contributed by atoms with E-state index in [2.05, 4.69) is 15.9 Å². The third-order valence-corrected chi connectivity index (χ3v) is 4.87. The zero-order chi connectivity index (χ0) is 19.2. The molecule has 1 amide bonds. The van der Waals surface area contributed by atoms with E-state index >= 15 is 0 Å². The number of esters is 1. The number of carbonyl (C=O) groups excluding carboxylic acids is 2. The van der Waals surface area contributed by atoms with Gasteiger partial charge in [0.05, 0.1) is 4.47 Å². The molecule has 0 spiro atoms. The molecule has 3 aromatic carbocycles. The highest BCUT2D eigenvalue weighted by Crippen LogP contribution is 2.32. The van der Waals surface area contributed by atoms with E-state index in [1.165, 1.54) is 4.90 Å². The predicted molar refractivity (Wildman–Crippen MR) is 108 cm³/mol. The molecule has 0 atom stereocenters. The van der Waals surface area contributed by atoms with Gasteiger partial charge in [0, 0.05) is 12.7 Å². The number of hydrogen-bond acceptors (Lipinski definition) is 4. The topological polar surface area (TPSA) is 55.8 Å². The molecule has 0 aliphatic rings. The SMILES string of the molecule is CN(C(=O)COC(=O)COc1ccc2ccccc2c1Br)c1ccccc1. The lowest BCUT2D eigenvalue weighted by Gasteiger charge is -2.17. The molecule has 6 heteroatoms. The summed E-state index contributed by atoms with van der Waals surface area (Å²) in [6.07, 6.45) is 0. The average Bonchev–Trinajstić information content (AvgIpc) is 2.71. The molecule has 0 saturated carbocycles. The van der Waals surface area contributed by atoms with Crippen LogP contribution in [0.3, 0.4) is 0 Å². The van der Waals surface area contributed by atoms with Gasteiger partial charge in [-0.25, -0.2) is 4.79 Å². The van der Waals surface area contributed by atoms with Gasteiger partial charge in [-0.05, 0) is 44.9 Å². The summed E-state index contributed by atoms with van der Waals surface area (Å²) in [5, 5.41) is 2.05. The van der Waals surface area contributed by atoms with Crippen molar-refractivity contribution in [2.45, 2.75) is 0 Å². The summed E-state index contributed by atoms with van der Waals surface area (Å²) in [6.45, 7) is -0.619. The molecular formula is C21H18BrNO4. The van der Waals surface area contributed by atoms with Gasteiger partial charge < -0.3 is 14.4 Å². The van der Waals surface area contributed by atoms with Crippen LogP contribution in [0.1, 0.15) is 0 Å². The second-order valence-corrected chi connectivity index (χ2v) is 6.63. The average molecular weight is 428 g/mol. The number of para-hydroxylation sites is 1. The normalized spacial score (nSPS) is 10.4. The van der Waals surface area contributed by atoms with E-state index in [0.29, 0.717) is 5.75 Å². The van der Waals surface area contributed by atoms with E-state index < -0.39 is 5.97 Å². The molecule has 0 radical (unpaired) electrons. The van der Waals surface area contributed by atoms with Gasteiger partial charge >= 0.3 is 5.97 Å². The Morgan fingerprint density at radius 1 is 0.926 bits per heavy atom. The lowest BCUT2D eigenvalue weighted by Crippen LogP contribution is -2.31. The van der Waals surface area contributed by atoms with Crippen LogP contribution in [-0.4, -0.2) is 32.1 Å². The molecule has 0 heterocycles. The quantitative estimate of drug-likeness (QED) is 0.553. The van der Waals surface area contributed by atoms with Gasteiger partial charge in [0.1, 0.15) is 5.75 Å². The zero-order valence-corrected chi connectivity index (χ0v) is 16.3. The fourth-order valence-electron chi connectivity index (χ4n) is 2.54. The van der Waals surface area contributed by atoms with Gasteiger partial charge in [0.2, 0.25) is 0 Å². The third kappa shape index (κ3) is 4.65. The zero-order valence-electron chi connectivity index (χ0n) is 14.7. The molecule has 3 aromatic rings. The first kappa shape index (κ1) is 18.9. The Morgan fingerprint density at radius 3 is 2.41 bits per heavy atom. The highest BCUT2D eigenvalue weighted by molar-refractivity contribution is 9.10. The Labute approximate surface area is 165 Å². The van der Waals surface area contributed by atoms with Crippen molar-refractivity contribution in [3.05, 3.63) is 71.2 Å². The van der Waals surface area contributed by atoms with E-state index in [4.69, 9.17) is 9.47 Å². The standard InChI is InChI=1S/C21H18BrNO4/c1-23(16-8-3-2-4-9-16)19(24)13-27-20(25)14-26-18-12-11-15-7-5-6-10-17(15)21(18)22/h2-12H,13-14H2,1H3. The van der Waals surface area contributed by atoms with Crippen LogP contribution in [0.5, 0.6) is 5.75 Å². The molecule has 138 valence electrons. The number of benzene rings is 3. The second kappa shape index (κ2) is 8.68. The van der Waals surface area contributed by atoms with Crippen LogP contribution in [0.4, 0.5) is 5.69 Å². The Morgan fingerprint density at radius 2 is 1.63 bits per heavy atom. The predicted octanol–water partition coefficient (Wildman–Crippen LogP) is 4.19. The van der Waals surface area contributed by atoms with Crippen molar-refractivity contribution in [1.29, 1.82) is 0 Å². The van der Waals surface area contributed by atoms with Gasteiger partial charge in [-0.3, -0.25) is 4.79 Å². The maximum Gasteiger partial charge on any atom is 0.344 e. The largest absolute Gasteiger partial charge is 0.481 e. The van der Waals surface area contributed by atoms with Crippen molar-refractivity contribution < 1.29 is 19.1 Å². The molecule has 0 bridgehead atoms. The monoisotopic (exact) mass is 427 g/mol. The maximum atomic E-state index is 12.1. The van der Waals surface area contributed by atoms with Crippen LogP contribution < -0.4 is 9.64 Å². The summed E-state index contributed by atoms with van der Waals surface area (Å²) in [4.78, 5) is 25.5. The number of ether oxygens (including phenoxy) is 2. The molecule has 5 nitrogen and oxygen atoms in total. The summed E-state index contributed by atoms with van der Waals surface area (Å²) >= 11 is 3.50. The van der Waals surface area contributed by atoms with E-state index in [0.717, 1.165) is 20.9 Å². The van der Waals surface area contributed by atoms with E-state index in [-0.39, 0.29) is 19.1 Å². The fourth-order valence-corrected chi connectivity index (χ4v) is 3.15. The number of hydrogen-bond donors (Lipinski definition) is 0. The maximum absolute atomic E-state index is 12.1. The van der Waals surface area contributed by atoms with Crippen molar-refractivity contribution in [1.82, 2.24) is 0 Å². The van der Waals surface area contributed by atoms with Gasteiger partial charge in [-0.15, -0.1) is 0 Å². The van der Waals surface area contributed by atoms with Gasteiger partial charge in [-0.2, -0.15) is 0 Å². The molecule has 0 unspecified atom stereocenters. The number of carbonyl (C=O) groups is 2. The highest BCUT2D eigenvalue weighted by Gasteiger charge is 2.14. The summed E-state index contributed by atoms with van der Waals surface area (Å²) in [5.41, 5.74) is 0.731. The molecule has 27 heavy (non-hydrogen) atoms. The summed E-state index contributed by atoms with van der Waals surface area (Å²) in [7, 11) is 1.63. The lowest BCUT2D eigenvalue weighted by atomic mass is 10.1. The molecule has 0 aliphatic carbocycles. The fraction of sp³-hybridized carbons (Fsp3) is 0.143. The highest BCUT2D eigenvalue weighted by atomic mass is 79.9. The number of halogens is 1. The van der Waals surface area contributed by atoms with Crippen molar-refractivity contribution in [2.75, 3.05) is 25.2 Å². The molecule has 0 fully saturated rings. The Bertz CT molecular complexity index is 959. The molecule has 0 N–H and O–H groups in total. The first-order valence-corrected chi connectivity index (χ1v) is 9.13. The van der Waals surface area contributed by atoms with Crippen LogP contribution in [-0.2, 0) is 14.3 Å². The van der Waals surface area contributed by atoms with Gasteiger partial charge in [0.25, 0.3) is 5.91 Å². The number of fused-ring (bicyclic) bond motifs is 1. The number of likely N-dealkylation sites (N-methyl/N-ethyl adjacent to an activating group) is 1. The smallest absolute Gasteiger partial charge is 0.344 e. The van der Waals surface area contributed by atoms with Crippen LogP contribution in [0.15, 0.2) is 71.2 Å². The molecular weight excluding hydrogens is 410 g/mol. The third-order valence-electron chi connectivity index (χ3n) is 4.05. The second-order valence-electron chi connectivity index (χ2n) is 5.84. The number of amides is 1. The van der Waals surface area contributed by atoms with Crippen LogP contribution >= 0.6 is 15.9 Å². The molecule has 0 aliphatic heterocycles. The minimum atomic E-state index is -0.607. The molecule has 0 aromatic heterocycles. The van der Waals surface area contributed by atoms with Crippen molar-refractivity contribution in [3.63, 3.8) is 0 Å². The van der Waals surface area contributed by atoms with E-state index in [9.17, 15) is 9.59 Å². The number of rotatable bonds is 6. The van der Waals surface area contributed by atoms with Crippen LogP contribution in [0.25, 0.3) is 10.8 Å². The van der Waals surface area contributed by atoms with Crippen molar-refractivity contribution in [3.8, 4) is 5.75 Å². The lowest BCUT2D eigenvalue weighted by molar-refractivity contribution is -0.149. The van der Waals surface area contributed by atoms with Gasteiger partial charge in [0.15, 0.2) is 13.2 Å². The van der Waals surface area contributed by atoms with Crippen LogP contribution in [0.2, 0.25) is 0 Å². The minimum absolute atomic E-state index is 0.279. The Kier molecular flexibility index (Phi) is 6.08. The van der Waals surface area contributed by atoms with E-state index in [1.54, 1.807) is 25.2 Å². The minimum Gasteiger partial charge on any atom is -0.481 e. The molecule has 3 rings (SSSR count).